The number of rotatable bonds is 2. The fraction of sp³-hybridized carbons (Fsp3) is 0.450. The Morgan fingerprint density at radius 1 is 1.19 bits per heavy atom. The van der Waals surface area contributed by atoms with E-state index in [-0.39, 0.29) is 0 Å². The second kappa shape index (κ2) is 5.77. The van der Waals surface area contributed by atoms with E-state index in [0.717, 1.165) is 65.9 Å². The molecule has 1 aliphatic heterocycles. The van der Waals surface area contributed by atoms with Crippen molar-refractivity contribution in [3.05, 3.63) is 35.2 Å². The molecule has 2 aliphatic rings. The van der Waals surface area contributed by atoms with Crippen molar-refractivity contribution in [2.75, 3.05) is 20.1 Å². The summed E-state index contributed by atoms with van der Waals surface area (Å²) < 4.78 is 2.17. The highest BCUT2D eigenvalue weighted by atomic mass is 16.3. The largest absolute Gasteiger partial charge is 0.507 e. The highest BCUT2D eigenvalue weighted by molar-refractivity contribution is 5.83. The van der Waals surface area contributed by atoms with Crippen LogP contribution in [0.5, 0.6) is 5.75 Å². The van der Waals surface area contributed by atoms with E-state index in [1.54, 1.807) is 0 Å². The molecule has 2 aromatic heterocycles. The van der Waals surface area contributed by atoms with E-state index in [0.29, 0.717) is 11.8 Å². The zero-order valence-electron chi connectivity index (χ0n) is 15.2. The number of benzene rings is 1. The first-order valence-corrected chi connectivity index (χ1v) is 9.36. The number of aryl methyl sites for hydroxylation is 2. The summed E-state index contributed by atoms with van der Waals surface area (Å²) in [5.41, 5.74) is 6.49. The molecule has 1 N–H and O–H groups in total. The quantitative estimate of drug-likeness (QED) is 0.770. The molecule has 0 spiro atoms. The van der Waals surface area contributed by atoms with Crippen LogP contribution in [0.2, 0.25) is 0 Å². The number of hydrogen-bond acceptors (Lipinski definition) is 5. The van der Waals surface area contributed by atoms with Gasteiger partial charge in [0.25, 0.3) is 0 Å². The van der Waals surface area contributed by atoms with Crippen LogP contribution < -0.4 is 0 Å². The second-order valence-electron chi connectivity index (χ2n) is 7.66. The van der Waals surface area contributed by atoms with Crippen molar-refractivity contribution in [3.63, 3.8) is 0 Å². The summed E-state index contributed by atoms with van der Waals surface area (Å²) in [6, 6.07) is 4.45. The number of phenolic OH excluding ortho intramolecular Hbond substituents is 1. The Morgan fingerprint density at radius 3 is 2.85 bits per heavy atom. The maximum absolute atomic E-state index is 10.6. The van der Waals surface area contributed by atoms with Crippen molar-refractivity contribution in [2.45, 2.75) is 38.6 Å². The highest BCUT2D eigenvalue weighted by Crippen LogP contribution is 2.40. The summed E-state index contributed by atoms with van der Waals surface area (Å²) in [4.78, 5) is 7.00. The molecule has 26 heavy (non-hydrogen) atoms. The lowest BCUT2D eigenvalue weighted by Crippen LogP contribution is -2.33. The van der Waals surface area contributed by atoms with E-state index >= 15 is 0 Å². The summed E-state index contributed by atoms with van der Waals surface area (Å²) in [6.45, 7) is 4.19. The van der Waals surface area contributed by atoms with Crippen LogP contribution in [-0.2, 0) is 12.8 Å². The first-order valence-electron chi connectivity index (χ1n) is 9.36. The molecule has 1 fully saturated rings. The summed E-state index contributed by atoms with van der Waals surface area (Å²) >= 11 is 0. The zero-order chi connectivity index (χ0) is 17.8. The lowest BCUT2D eigenvalue weighted by molar-refractivity contribution is 0.214. The Labute approximate surface area is 152 Å². The maximum Gasteiger partial charge on any atom is 0.183 e. The van der Waals surface area contributed by atoms with Crippen LogP contribution in [0, 0.1) is 6.92 Å². The van der Waals surface area contributed by atoms with Crippen LogP contribution in [0.3, 0.4) is 0 Å². The zero-order valence-corrected chi connectivity index (χ0v) is 15.2. The molecule has 5 rings (SSSR count). The Kier molecular flexibility index (Phi) is 3.50. The monoisotopic (exact) mass is 349 g/mol. The SMILES string of the molecule is Cc1c(-c2ccc3c(c2O)CC3)nnc2c1ncn2[C@@H]1CCCN(C)C1. The summed E-state index contributed by atoms with van der Waals surface area (Å²) in [6.07, 6.45) is 6.22. The Bertz CT molecular complexity index is 1010. The van der Waals surface area contributed by atoms with Gasteiger partial charge < -0.3 is 14.6 Å². The molecule has 3 aromatic rings. The van der Waals surface area contributed by atoms with Crippen LogP contribution in [0.1, 0.15) is 35.6 Å². The number of phenols is 1. The van der Waals surface area contributed by atoms with Gasteiger partial charge in [-0.25, -0.2) is 4.98 Å². The summed E-state index contributed by atoms with van der Waals surface area (Å²) in [5, 5.41) is 19.6. The number of aromatic hydroxyl groups is 1. The van der Waals surface area contributed by atoms with Crippen LogP contribution in [0.25, 0.3) is 22.4 Å². The molecule has 0 bridgehead atoms. The predicted octanol–water partition coefficient (Wildman–Crippen LogP) is 2.87. The number of fused-ring (bicyclic) bond motifs is 2. The Hall–Kier alpha value is -2.47. The molecule has 6 nitrogen and oxygen atoms in total. The first-order chi connectivity index (χ1) is 12.6. The van der Waals surface area contributed by atoms with Gasteiger partial charge in [0, 0.05) is 23.7 Å². The molecular formula is C20H23N5O. The van der Waals surface area contributed by atoms with Gasteiger partial charge in [0.15, 0.2) is 5.65 Å². The fourth-order valence-corrected chi connectivity index (χ4v) is 4.36. The van der Waals surface area contributed by atoms with Crippen molar-refractivity contribution in [1.82, 2.24) is 24.6 Å². The van der Waals surface area contributed by atoms with Crippen LogP contribution in [0.15, 0.2) is 18.5 Å². The molecule has 1 aromatic carbocycles. The second-order valence-corrected chi connectivity index (χ2v) is 7.66. The van der Waals surface area contributed by atoms with E-state index in [1.165, 1.54) is 12.0 Å². The van der Waals surface area contributed by atoms with Crippen molar-refractivity contribution < 1.29 is 5.11 Å². The average Bonchev–Trinajstić information content (AvgIpc) is 3.02. The van der Waals surface area contributed by atoms with Crippen molar-refractivity contribution >= 4 is 11.2 Å². The summed E-state index contributed by atoms with van der Waals surface area (Å²) in [7, 11) is 2.16. The Morgan fingerprint density at radius 2 is 2.08 bits per heavy atom. The molecule has 0 unspecified atom stereocenters. The van der Waals surface area contributed by atoms with Gasteiger partial charge in [0.1, 0.15) is 17.0 Å². The smallest absolute Gasteiger partial charge is 0.183 e. The molecule has 0 amide bonds. The van der Waals surface area contributed by atoms with E-state index in [9.17, 15) is 5.11 Å². The highest BCUT2D eigenvalue weighted by Gasteiger charge is 2.25. The fourth-order valence-electron chi connectivity index (χ4n) is 4.36. The van der Waals surface area contributed by atoms with E-state index in [1.807, 2.05) is 19.3 Å². The number of likely N-dealkylation sites (tertiary alicyclic amines) is 1. The molecule has 0 radical (unpaired) electrons. The van der Waals surface area contributed by atoms with Gasteiger partial charge in [0.2, 0.25) is 0 Å². The minimum absolute atomic E-state index is 0.360. The third-order valence-electron chi connectivity index (χ3n) is 5.99. The third-order valence-corrected chi connectivity index (χ3v) is 5.99. The minimum atomic E-state index is 0.360. The molecular weight excluding hydrogens is 326 g/mol. The molecule has 3 heterocycles. The number of hydrogen-bond donors (Lipinski definition) is 1. The van der Waals surface area contributed by atoms with E-state index in [2.05, 4.69) is 37.8 Å². The van der Waals surface area contributed by atoms with Crippen molar-refractivity contribution in [3.8, 4) is 17.0 Å². The normalized spacial score (nSPS) is 20.2. The van der Waals surface area contributed by atoms with E-state index < -0.39 is 0 Å². The van der Waals surface area contributed by atoms with Crippen LogP contribution in [-0.4, -0.2) is 49.9 Å². The van der Waals surface area contributed by atoms with Gasteiger partial charge in [0.05, 0.1) is 6.33 Å². The lowest BCUT2D eigenvalue weighted by Gasteiger charge is -2.30. The minimum Gasteiger partial charge on any atom is -0.507 e. The number of piperidine rings is 1. The molecule has 1 aliphatic carbocycles. The molecule has 1 atom stereocenters. The molecule has 134 valence electrons. The van der Waals surface area contributed by atoms with Gasteiger partial charge in [-0.3, -0.25) is 0 Å². The third kappa shape index (κ3) is 2.25. The van der Waals surface area contributed by atoms with E-state index in [4.69, 9.17) is 0 Å². The van der Waals surface area contributed by atoms with Gasteiger partial charge >= 0.3 is 0 Å². The standard InChI is InChI=1S/C20H23N5O/c1-12-17(16-8-6-13-5-7-15(13)19(16)26)22-23-20-18(12)21-11-25(20)14-4-3-9-24(2)10-14/h6,8,11,14,26H,3-5,7,9-10H2,1-2H3/t14-/m1/s1. The van der Waals surface area contributed by atoms with Crippen LogP contribution in [0.4, 0.5) is 0 Å². The summed E-state index contributed by atoms with van der Waals surface area (Å²) in [5.74, 6) is 0.360. The molecule has 0 saturated carbocycles. The van der Waals surface area contributed by atoms with Gasteiger partial charge in [-0.2, -0.15) is 0 Å². The number of imidazole rings is 1. The van der Waals surface area contributed by atoms with Gasteiger partial charge in [-0.1, -0.05) is 6.07 Å². The first kappa shape index (κ1) is 15.8. The van der Waals surface area contributed by atoms with Gasteiger partial charge in [-0.15, -0.1) is 10.2 Å². The maximum atomic E-state index is 10.6. The Balaban J connectivity index is 1.60. The molecule has 1 saturated heterocycles. The average molecular weight is 349 g/mol. The predicted molar refractivity (Wildman–Crippen MR) is 100 cm³/mol. The number of aromatic nitrogens is 4. The lowest BCUT2D eigenvalue weighted by atomic mass is 9.85. The molecule has 6 heteroatoms. The van der Waals surface area contributed by atoms with Crippen molar-refractivity contribution in [2.24, 2.45) is 0 Å². The topological polar surface area (TPSA) is 67.1 Å². The van der Waals surface area contributed by atoms with Gasteiger partial charge in [-0.05, 0) is 63.4 Å². The van der Waals surface area contributed by atoms with Crippen molar-refractivity contribution in [1.29, 1.82) is 0 Å². The van der Waals surface area contributed by atoms with Crippen LogP contribution >= 0.6 is 0 Å². The number of nitrogens with zero attached hydrogens (tertiary/aromatic N) is 5. The number of likely N-dealkylation sites (N-methyl/N-ethyl adjacent to an activating group) is 1.